The lowest BCUT2D eigenvalue weighted by Gasteiger charge is -2.36. The third-order valence-electron chi connectivity index (χ3n) is 23.4. The Morgan fingerprint density at radius 1 is 0.492 bits per heavy atom. The maximum atomic E-state index is 15.7. The first-order valence-electron chi connectivity index (χ1n) is 43.9. The molecule has 0 aliphatic carbocycles. The van der Waals surface area contributed by atoms with E-state index in [4.69, 9.17) is 22.9 Å². The van der Waals surface area contributed by atoms with Crippen LogP contribution in [0.1, 0.15) is 148 Å². The van der Waals surface area contributed by atoms with Gasteiger partial charge in [-0.3, -0.25) is 86.3 Å². The molecule has 14 atom stereocenters. The van der Waals surface area contributed by atoms with E-state index < -0.39 is 228 Å². The van der Waals surface area contributed by atoms with Crippen molar-refractivity contribution in [3.63, 3.8) is 0 Å². The second kappa shape index (κ2) is 49.2. The van der Waals surface area contributed by atoms with Crippen LogP contribution < -0.4 is 76.1 Å². The number of aliphatic hydroxyl groups excluding tert-OH is 1. The molecule has 0 unspecified atom stereocenters. The first kappa shape index (κ1) is 103. The van der Waals surface area contributed by atoms with E-state index in [1.54, 1.807) is 74.8 Å². The molecule has 0 bridgehead atoms. The van der Waals surface area contributed by atoms with E-state index in [-0.39, 0.29) is 108 Å². The van der Waals surface area contributed by atoms with Crippen LogP contribution >= 0.6 is 11.8 Å². The summed E-state index contributed by atoms with van der Waals surface area (Å²) in [5, 5.41) is 48.8. The summed E-state index contributed by atoms with van der Waals surface area (Å²) >= 11 is 0.774. The van der Waals surface area contributed by atoms with Crippen molar-refractivity contribution in [2.45, 2.75) is 235 Å². The summed E-state index contributed by atoms with van der Waals surface area (Å²) in [7, 11) is 3.93. The fraction of sp³-hybridized carbons (Fsp3) is 0.545. The van der Waals surface area contributed by atoms with Crippen LogP contribution in [-0.2, 0) is 106 Å². The van der Waals surface area contributed by atoms with Crippen molar-refractivity contribution in [1.29, 1.82) is 0 Å². The van der Waals surface area contributed by atoms with Crippen LogP contribution in [0.3, 0.4) is 0 Å². The standard InChI is InChI=1S/C88H125N21O20S/c1-9-11-25-67-81(122)97-58(24-17-33-89)77(118)104-66(76(117)95-44-73(92)114)46-130-47-74(115)96-62(37-50-29-31-53(111)32-30-50)84(125)105(6)49(5)75(116)100-64(41-72(91)113)87(128)109-35-19-28-69(109)83(124)99-60(40-71(90)112)79(120)101-61(36-48(3)4)86(127)108-34-18-27-68(108)82(123)98-59(38-51-42-93-56-22-15-13-20-54(51)56)78(119)103-65(45-110)80(121)102-63(39-52-43-94-57-23-16-14-21-55(52)57)85(126)107(8)70(26-12-10-2)88(129)106(67)7/h13-16,20-23,29-32,42-43,48-49,58-70,93-94,110-111H,9-12,17-19,24-28,33-41,44-47,89H2,1-8H3,(H2,90,112)(H2,91,113)(H2,92,114)(H,95,117)(H,96,115)(H,97,122)(H,98,123)(H,99,124)(H,100,116)(H,101,120)(H,102,121)(H,103,119)(H,104,118)/t49-,58-,59-,60-,61-,62-,63-,64+,65-,66-,67-,68-,69-,70-/m0/s1. The molecule has 18 amide bonds. The number of unbranched alkanes of at least 4 members (excludes halogenated alkanes) is 2. The number of phenols is 1. The molecule has 3 fully saturated rings. The predicted octanol–water partition coefficient (Wildman–Crippen LogP) is -2.51. The van der Waals surface area contributed by atoms with E-state index in [0.717, 1.165) is 26.5 Å². The highest BCUT2D eigenvalue weighted by Crippen LogP contribution is 2.28. The van der Waals surface area contributed by atoms with Gasteiger partial charge in [0, 0.05) is 93.4 Å². The minimum Gasteiger partial charge on any atom is -0.508 e. The Morgan fingerprint density at radius 3 is 1.52 bits per heavy atom. The number of carbonyl (C=O) groups is 18. The maximum Gasteiger partial charge on any atom is 0.246 e. The molecule has 3 saturated heterocycles. The summed E-state index contributed by atoms with van der Waals surface area (Å²) in [4.78, 5) is 273. The van der Waals surface area contributed by atoms with E-state index >= 15 is 33.6 Å². The number of para-hydroxylation sites is 2. The molecule has 3 aromatic carbocycles. The molecule has 0 spiro atoms. The molecule has 130 heavy (non-hydrogen) atoms. The minimum atomic E-state index is -1.85. The van der Waals surface area contributed by atoms with Crippen molar-refractivity contribution < 1.29 is 96.5 Å². The number of nitrogens with zero attached hydrogens (tertiary/aromatic N) is 5. The lowest BCUT2D eigenvalue weighted by atomic mass is 10.00. The number of carbonyl (C=O) groups excluding carboxylic acids is 18. The maximum absolute atomic E-state index is 15.7. The van der Waals surface area contributed by atoms with Gasteiger partial charge in [0.2, 0.25) is 106 Å². The van der Waals surface area contributed by atoms with E-state index in [1.165, 1.54) is 62.1 Å². The molecule has 8 rings (SSSR count). The van der Waals surface area contributed by atoms with Gasteiger partial charge in [-0.2, -0.15) is 0 Å². The molecule has 22 N–H and O–H groups in total. The van der Waals surface area contributed by atoms with Crippen molar-refractivity contribution in [2.24, 2.45) is 28.9 Å². The van der Waals surface area contributed by atoms with Crippen LogP contribution in [0.15, 0.2) is 85.2 Å². The molecule has 0 saturated carbocycles. The van der Waals surface area contributed by atoms with Crippen LogP contribution in [0.5, 0.6) is 5.75 Å². The van der Waals surface area contributed by atoms with Gasteiger partial charge >= 0.3 is 0 Å². The number of aromatic amines is 2. The van der Waals surface area contributed by atoms with Gasteiger partial charge in [-0.15, -0.1) is 11.8 Å². The fourth-order valence-electron chi connectivity index (χ4n) is 16.2. The number of aliphatic hydroxyl groups is 1. The lowest BCUT2D eigenvalue weighted by molar-refractivity contribution is -0.149. The summed E-state index contributed by atoms with van der Waals surface area (Å²) in [5.41, 5.74) is 25.5. The molecule has 42 heteroatoms. The number of aromatic nitrogens is 2. The average Bonchev–Trinajstić information content (AvgIpc) is 1.77. The number of likely N-dealkylation sites (N-methyl/N-ethyl adjacent to an activating group) is 3. The predicted molar refractivity (Wildman–Crippen MR) is 479 cm³/mol. The summed E-state index contributed by atoms with van der Waals surface area (Å²) < 4.78 is 0. The van der Waals surface area contributed by atoms with Crippen LogP contribution in [0, 0.1) is 5.92 Å². The Balaban J connectivity index is 1.18. The number of thioether (sulfide) groups is 1. The topological polar surface area (TPSA) is 620 Å². The van der Waals surface area contributed by atoms with Gasteiger partial charge in [0.15, 0.2) is 0 Å². The third-order valence-corrected chi connectivity index (χ3v) is 24.5. The number of amides is 18. The first-order valence-corrected chi connectivity index (χ1v) is 45.1. The molecular formula is C88H125N21O20S. The first-order chi connectivity index (χ1) is 61.9. The van der Waals surface area contributed by atoms with Crippen LogP contribution in [0.2, 0.25) is 0 Å². The Bertz CT molecular complexity index is 4890. The number of benzene rings is 3. The van der Waals surface area contributed by atoms with Crippen LogP contribution in [0.25, 0.3) is 21.8 Å². The monoisotopic (exact) mass is 1830 g/mol. The zero-order chi connectivity index (χ0) is 95.3. The highest BCUT2D eigenvalue weighted by atomic mass is 32.2. The van der Waals surface area contributed by atoms with Crippen molar-refractivity contribution >= 4 is 140 Å². The van der Waals surface area contributed by atoms with E-state index in [0.29, 0.717) is 64.2 Å². The van der Waals surface area contributed by atoms with E-state index in [9.17, 15) is 63.0 Å². The quantitative estimate of drug-likeness (QED) is 0.0287. The highest BCUT2D eigenvalue weighted by molar-refractivity contribution is 8.00. The largest absolute Gasteiger partial charge is 0.508 e. The Labute approximate surface area is 757 Å². The Hall–Kier alpha value is -12.7. The fourth-order valence-corrected chi connectivity index (χ4v) is 17.0. The van der Waals surface area contributed by atoms with E-state index in [1.807, 2.05) is 13.8 Å². The highest BCUT2D eigenvalue weighted by Gasteiger charge is 2.46. The van der Waals surface area contributed by atoms with Gasteiger partial charge in [-0.25, -0.2) is 0 Å². The summed E-state index contributed by atoms with van der Waals surface area (Å²) in [6, 6.07) is -1.89. The number of nitrogens with one attached hydrogen (secondary N) is 12. The number of hydrogen-bond donors (Lipinski definition) is 18. The van der Waals surface area contributed by atoms with Gasteiger partial charge in [-0.05, 0) is 118 Å². The number of nitrogens with two attached hydrogens (primary N) is 4. The lowest BCUT2D eigenvalue weighted by Crippen LogP contribution is -2.62. The number of phenolic OH excluding ortho intramolecular Hbond substituents is 1. The molecule has 2 aromatic heterocycles. The van der Waals surface area contributed by atoms with Crippen molar-refractivity contribution in [2.75, 3.05) is 65.4 Å². The third kappa shape index (κ3) is 28.4. The van der Waals surface area contributed by atoms with Crippen molar-refractivity contribution in [1.82, 2.24) is 87.6 Å². The molecule has 3 aliphatic heterocycles. The second-order valence-electron chi connectivity index (χ2n) is 33.6. The molecule has 708 valence electrons. The second-order valence-corrected chi connectivity index (χ2v) is 34.6. The van der Waals surface area contributed by atoms with Gasteiger partial charge < -0.3 is 121 Å². The molecule has 3 aliphatic rings. The Kier molecular flexibility index (Phi) is 38.8. The number of fused-ring (bicyclic) bond motifs is 4. The van der Waals surface area contributed by atoms with Gasteiger partial charge in [0.25, 0.3) is 0 Å². The number of H-pyrrole nitrogens is 2. The average molecular weight is 1830 g/mol. The van der Waals surface area contributed by atoms with E-state index in [2.05, 4.69) is 63.1 Å². The van der Waals surface area contributed by atoms with Gasteiger partial charge in [-0.1, -0.05) is 102 Å². The molecule has 41 nitrogen and oxygen atoms in total. The van der Waals surface area contributed by atoms with Gasteiger partial charge in [0.1, 0.15) is 90.3 Å². The molecule has 5 aromatic rings. The summed E-state index contributed by atoms with van der Waals surface area (Å²) in [5.74, 6) is -18.5. The van der Waals surface area contributed by atoms with Gasteiger partial charge in [0.05, 0.1) is 31.7 Å². The number of hydrogen-bond acceptors (Lipinski definition) is 22. The summed E-state index contributed by atoms with van der Waals surface area (Å²) in [6.07, 6.45) is 2.79. The number of primary amides is 3. The normalized spacial score (nSPS) is 24.7. The number of rotatable bonds is 25. The van der Waals surface area contributed by atoms with Crippen LogP contribution in [-0.4, -0.2) is 301 Å². The molecular weight excluding hydrogens is 1700 g/mol. The minimum absolute atomic E-state index is 0.00383. The smallest absolute Gasteiger partial charge is 0.246 e. The number of aromatic hydroxyl groups is 1. The van der Waals surface area contributed by atoms with Crippen molar-refractivity contribution in [3.05, 3.63) is 102 Å². The van der Waals surface area contributed by atoms with Crippen LogP contribution in [0.4, 0.5) is 0 Å². The Morgan fingerprint density at radius 2 is 0.962 bits per heavy atom. The SMILES string of the molecule is CCCC[C@H]1C(=O)N(C)[C@@H](CCCC)C(=O)N[C@@H](CCCN)C(=O)N[C@H](C(=O)NCC(N)=O)CSCC(=O)N[C@@H](Cc2ccc(O)cc2)C(=O)N(C)[C@@H](C)C(=O)N[C@H](CC(N)=O)C(=O)N2CCC[C@H]2C(=O)N[C@@H](CC(N)=O)C(=O)N[C@@H](CC(C)C)C(=O)N2CCC[C@H]2C(=O)N[C@@H](Cc2c[nH]c3ccccc23)C(=O)N[C@@H](CO)C(=O)N[C@@H](Cc2c[nH]c3ccccc23)C(=O)N1C. The molecule has 5 heterocycles. The zero-order valence-electron chi connectivity index (χ0n) is 74.6. The summed E-state index contributed by atoms with van der Waals surface area (Å²) in [6.45, 7) is 6.46. The zero-order valence-corrected chi connectivity index (χ0v) is 75.4. The van der Waals surface area contributed by atoms with Crippen molar-refractivity contribution in [3.8, 4) is 5.75 Å². The molecule has 0 radical (unpaired) electrons.